The molecule has 0 spiro atoms. The minimum atomic E-state index is -0.297. The number of rotatable bonds is 5. The summed E-state index contributed by atoms with van der Waals surface area (Å²) in [5, 5.41) is 0. The zero-order valence-corrected chi connectivity index (χ0v) is 26.6. The number of nitrogens with zero attached hydrogens (tertiary/aromatic N) is 3. The Kier molecular flexibility index (Phi) is 9.70. The normalized spacial score (nSPS) is 27.3. The third-order valence-corrected chi connectivity index (χ3v) is 10.7. The van der Waals surface area contributed by atoms with Gasteiger partial charge in [0.05, 0.1) is 5.54 Å². The van der Waals surface area contributed by atoms with Crippen molar-refractivity contribution in [2.24, 2.45) is 17.3 Å². The van der Waals surface area contributed by atoms with Crippen molar-refractivity contribution in [3.05, 3.63) is 35.6 Å². The minimum Gasteiger partial charge on any atom is -0.447 e. The van der Waals surface area contributed by atoms with Crippen LogP contribution in [-0.4, -0.2) is 77.1 Å². The number of halogens is 2. The summed E-state index contributed by atoms with van der Waals surface area (Å²) in [4.78, 5) is 33.5. The highest BCUT2D eigenvalue weighted by atomic mass is 35.5. The highest BCUT2D eigenvalue weighted by Crippen LogP contribution is 2.48. The van der Waals surface area contributed by atoms with E-state index in [1.54, 1.807) is 0 Å². The molecule has 1 aromatic carbocycles. The van der Waals surface area contributed by atoms with E-state index in [1.165, 1.54) is 44.2 Å². The van der Waals surface area contributed by atoms with Gasteiger partial charge >= 0.3 is 6.09 Å². The summed E-state index contributed by atoms with van der Waals surface area (Å²) in [6, 6.07) is 6.79. The molecule has 1 aromatic rings. The van der Waals surface area contributed by atoms with Crippen LogP contribution in [0.1, 0.15) is 97.5 Å². The molecule has 3 aliphatic heterocycles. The molecule has 5 rings (SSSR count). The van der Waals surface area contributed by atoms with E-state index in [-0.39, 0.29) is 58.6 Å². The SMILES string of the molecule is CC(C)(C)N1CCC(C(=O)N2CCC(CN3C(=O)OCC3(C)C)(C3CCCCC3)CC2)[C@H](c2ccc(F)cc2)C1.Cl. The number of amides is 2. The van der Waals surface area contributed by atoms with E-state index < -0.39 is 0 Å². The summed E-state index contributed by atoms with van der Waals surface area (Å²) in [6.07, 6.45) is 8.75. The van der Waals surface area contributed by atoms with Crippen molar-refractivity contribution in [2.45, 2.75) is 103 Å². The number of carbonyl (C=O) groups is 2. The summed E-state index contributed by atoms with van der Waals surface area (Å²) >= 11 is 0. The maximum atomic E-state index is 14.2. The topological polar surface area (TPSA) is 53.1 Å². The molecular weight excluding hydrogens is 541 g/mol. The van der Waals surface area contributed by atoms with Gasteiger partial charge in [0.15, 0.2) is 0 Å². The maximum Gasteiger partial charge on any atom is 0.410 e. The van der Waals surface area contributed by atoms with Gasteiger partial charge in [0.25, 0.3) is 0 Å². The number of hydrogen-bond acceptors (Lipinski definition) is 4. The van der Waals surface area contributed by atoms with Gasteiger partial charge in [-0.3, -0.25) is 14.6 Å². The first-order valence-corrected chi connectivity index (χ1v) is 15.6. The van der Waals surface area contributed by atoms with Crippen LogP contribution in [0.4, 0.5) is 9.18 Å². The number of likely N-dealkylation sites (tertiary alicyclic amines) is 2. The molecule has 2 amide bonds. The molecule has 1 unspecified atom stereocenters. The van der Waals surface area contributed by atoms with Gasteiger partial charge in [-0.05, 0) is 102 Å². The average Bonchev–Trinajstić information content (AvgIpc) is 3.20. The first kappa shape index (κ1) is 32.1. The third kappa shape index (κ3) is 6.71. The Morgan fingerprint density at radius 1 is 1.00 bits per heavy atom. The molecule has 3 heterocycles. The van der Waals surface area contributed by atoms with Crippen molar-refractivity contribution in [1.29, 1.82) is 0 Å². The highest BCUT2D eigenvalue weighted by Gasteiger charge is 2.50. The van der Waals surface area contributed by atoms with Crippen molar-refractivity contribution < 1.29 is 18.7 Å². The number of hydrogen-bond donors (Lipinski definition) is 0. The first-order valence-electron chi connectivity index (χ1n) is 15.6. The van der Waals surface area contributed by atoms with Gasteiger partial charge in [0, 0.05) is 43.6 Å². The van der Waals surface area contributed by atoms with Crippen LogP contribution in [0, 0.1) is 23.1 Å². The molecule has 1 aliphatic carbocycles. The molecular formula is C33H51ClFN3O3. The van der Waals surface area contributed by atoms with Crippen LogP contribution in [0.2, 0.25) is 0 Å². The lowest BCUT2D eigenvalue weighted by atomic mass is 9.63. The van der Waals surface area contributed by atoms with E-state index in [1.807, 2.05) is 17.0 Å². The Bertz CT molecular complexity index is 1060. The van der Waals surface area contributed by atoms with Crippen LogP contribution in [0.15, 0.2) is 24.3 Å². The molecule has 0 aromatic heterocycles. The van der Waals surface area contributed by atoms with E-state index in [0.29, 0.717) is 12.5 Å². The van der Waals surface area contributed by atoms with E-state index >= 15 is 0 Å². The van der Waals surface area contributed by atoms with Gasteiger partial charge in [-0.15, -0.1) is 12.4 Å². The molecule has 41 heavy (non-hydrogen) atoms. The molecule has 6 nitrogen and oxygen atoms in total. The fourth-order valence-electron chi connectivity index (χ4n) is 7.96. The summed E-state index contributed by atoms with van der Waals surface area (Å²) in [6.45, 7) is 15.2. The Balaban J connectivity index is 0.00000387. The van der Waals surface area contributed by atoms with Crippen LogP contribution >= 0.6 is 12.4 Å². The smallest absolute Gasteiger partial charge is 0.410 e. The minimum absolute atomic E-state index is 0. The molecule has 2 atom stereocenters. The second kappa shape index (κ2) is 12.4. The van der Waals surface area contributed by atoms with Crippen molar-refractivity contribution in [2.75, 3.05) is 39.3 Å². The molecule has 0 N–H and O–H groups in total. The van der Waals surface area contributed by atoms with Crippen molar-refractivity contribution in [3.8, 4) is 0 Å². The van der Waals surface area contributed by atoms with Gasteiger partial charge in [0.2, 0.25) is 5.91 Å². The van der Waals surface area contributed by atoms with Gasteiger partial charge in [-0.25, -0.2) is 9.18 Å². The second-order valence-corrected chi connectivity index (χ2v) is 14.6. The lowest BCUT2D eigenvalue weighted by Crippen LogP contribution is -2.57. The van der Waals surface area contributed by atoms with E-state index in [9.17, 15) is 14.0 Å². The number of cyclic esters (lactones) is 1. The Hall–Kier alpha value is -1.86. The predicted molar refractivity (Wildman–Crippen MR) is 163 cm³/mol. The average molecular weight is 592 g/mol. The predicted octanol–water partition coefficient (Wildman–Crippen LogP) is 6.87. The molecule has 230 valence electrons. The molecule has 4 fully saturated rings. The van der Waals surface area contributed by atoms with Crippen molar-refractivity contribution in [3.63, 3.8) is 0 Å². The van der Waals surface area contributed by atoms with Crippen molar-refractivity contribution >= 4 is 24.4 Å². The highest BCUT2D eigenvalue weighted by molar-refractivity contribution is 5.85. The van der Waals surface area contributed by atoms with Crippen LogP contribution in [0.25, 0.3) is 0 Å². The Morgan fingerprint density at radius 2 is 1.63 bits per heavy atom. The molecule has 0 radical (unpaired) electrons. The van der Waals surface area contributed by atoms with E-state index in [0.717, 1.165) is 57.5 Å². The Morgan fingerprint density at radius 3 is 2.20 bits per heavy atom. The lowest BCUT2D eigenvalue weighted by molar-refractivity contribution is -0.142. The largest absolute Gasteiger partial charge is 0.447 e. The molecule has 8 heteroatoms. The fraction of sp³-hybridized carbons (Fsp3) is 0.758. The summed E-state index contributed by atoms with van der Waals surface area (Å²) in [5.74, 6) is 0.547. The number of ether oxygens (including phenoxy) is 1. The van der Waals surface area contributed by atoms with Crippen LogP contribution in [0.3, 0.4) is 0 Å². The Labute approximate surface area is 252 Å². The summed E-state index contributed by atoms with van der Waals surface area (Å²) in [7, 11) is 0. The van der Waals surface area contributed by atoms with Crippen molar-refractivity contribution in [1.82, 2.24) is 14.7 Å². The zero-order chi connectivity index (χ0) is 28.7. The summed E-state index contributed by atoms with van der Waals surface area (Å²) < 4.78 is 19.3. The quantitative estimate of drug-likeness (QED) is 0.375. The number of carbonyl (C=O) groups excluding carboxylic acids is 2. The van der Waals surface area contributed by atoms with Gasteiger partial charge in [-0.2, -0.15) is 0 Å². The van der Waals surface area contributed by atoms with E-state index in [4.69, 9.17) is 4.74 Å². The standard InChI is InChI=1S/C33H50FN3O3.ClH/c1-31(2,3)36-18-15-27(28(21-36)24-11-13-26(34)14-12-24)29(38)35-19-16-33(17-20-35,25-9-7-6-8-10-25)22-37-30(39)40-23-32(37,4)5;/h11-14,25,27-28H,6-10,15-23H2,1-5H3;1H/t27?,28-;/m0./s1. The maximum absolute atomic E-state index is 14.2. The monoisotopic (exact) mass is 591 g/mol. The lowest BCUT2D eigenvalue weighted by Gasteiger charge is -2.51. The first-order chi connectivity index (χ1) is 18.9. The van der Waals surface area contributed by atoms with Gasteiger partial charge < -0.3 is 9.64 Å². The molecule has 1 saturated carbocycles. The second-order valence-electron chi connectivity index (χ2n) is 14.6. The van der Waals surface area contributed by atoms with Crippen LogP contribution < -0.4 is 0 Å². The van der Waals surface area contributed by atoms with E-state index in [2.05, 4.69) is 44.4 Å². The number of piperidine rings is 2. The van der Waals surface area contributed by atoms with Crippen LogP contribution in [0.5, 0.6) is 0 Å². The summed E-state index contributed by atoms with van der Waals surface area (Å²) in [5.41, 5.74) is 0.803. The molecule has 4 aliphatic rings. The molecule has 3 saturated heterocycles. The van der Waals surface area contributed by atoms with Crippen LogP contribution in [-0.2, 0) is 9.53 Å². The zero-order valence-electron chi connectivity index (χ0n) is 25.8. The third-order valence-electron chi connectivity index (χ3n) is 10.7. The van der Waals surface area contributed by atoms with Gasteiger partial charge in [-0.1, -0.05) is 31.4 Å². The fourth-order valence-corrected chi connectivity index (χ4v) is 7.96. The van der Waals surface area contributed by atoms with Gasteiger partial charge in [0.1, 0.15) is 12.4 Å². The number of benzene rings is 1. The molecule has 0 bridgehead atoms.